The molecule has 0 aliphatic carbocycles. The lowest BCUT2D eigenvalue weighted by molar-refractivity contribution is -0.896. The van der Waals surface area contributed by atoms with Crippen LogP contribution in [0.5, 0.6) is 0 Å². The van der Waals surface area contributed by atoms with Gasteiger partial charge in [-0.1, -0.05) is 5.92 Å². The minimum atomic E-state index is 0.000833. The smallest absolute Gasteiger partial charge is 0.0891 e. The fourth-order valence-corrected chi connectivity index (χ4v) is 0.258. The van der Waals surface area contributed by atoms with Gasteiger partial charge >= 0.3 is 0 Å². The van der Waals surface area contributed by atoms with Gasteiger partial charge in [0, 0.05) is 0 Å². The van der Waals surface area contributed by atoms with Crippen LogP contribution in [-0.4, -0.2) is 18.3 Å². The van der Waals surface area contributed by atoms with E-state index in [-0.39, 0.29) is 4.70 Å². The van der Waals surface area contributed by atoms with Gasteiger partial charge in [0.15, 0.2) is 0 Å². The van der Waals surface area contributed by atoms with Crippen molar-refractivity contribution in [2.24, 2.45) is 0 Å². The van der Waals surface area contributed by atoms with E-state index in [0.717, 1.165) is 0 Å². The van der Waals surface area contributed by atoms with Crippen LogP contribution in [0, 0.1) is 12.0 Å². The molecule has 3 heteroatoms. The van der Waals surface area contributed by atoms with Gasteiger partial charge in [0.25, 0.3) is 0 Å². The molecule has 1 unspecified atom stereocenters. The van der Waals surface area contributed by atoms with Gasteiger partial charge < -0.3 is 5.84 Å². The van der Waals surface area contributed by atoms with Gasteiger partial charge in [0.05, 0.1) is 19.6 Å². The van der Waals surface area contributed by atoms with Crippen molar-refractivity contribution < 1.29 is 4.70 Å². The Balaban J connectivity index is 3.67. The van der Waals surface area contributed by atoms with Crippen molar-refractivity contribution in [3.63, 3.8) is 0 Å². The fraction of sp³-hybridized carbons (Fsp3) is 0.667. The molecule has 0 aromatic rings. The second kappa shape index (κ2) is 3.33. The minimum absolute atomic E-state index is 0.000833. The normalized spacial score (nSPS) is 15.1. The van der Waals surface area contributed by atoms with Crippen molar-refractivity contribution in [1.82, 2.24) is 5.43 Å². The standard InChI is InChI=1S/C6H13N3/c1-4-6-8-9(3,7)5-2/h5H2,1-3H3,(H2,7,8). The number of quaternary nitrogens is 1. The third kappa shape index (κ3) is 3.83. The molecule has 0 fully saturated rings. The lowest BCUT2D eigenvalue weighted by atomic mass is 10.7. The molecule has 0 bridgehead atoms. The molecular weight excluding hydrogens is 114 g/mol. The summed E-state index contributed by atoms with van der Waals surface area (Å²) in [4.78, 5) is 0. The lowest BCUT2D eigenvalue weighted by Crippen LogP contribution is -2.45. The molecule has 0 aliphatic heterocycles. The first kappa shape index (κ1) is 8.28. The molecular formula is C6H13N3. The number of nitrogens with zero attached hydrogens (tertiary/aromatic N) is 1. The highest BCUT2D eigenvalue weighted by Crippen LogP contribution is 1.91. The molecule has 0 rings (SSSR count). The summed E-state index contributed by atoms with van der Waals surface area (Å²) in [7, 11) is 1.74. The number of rotatable bonds is 2. The Labute approximate surface area is 56.4 Å². The van der Waals surface area contributed by atoms with Gasteiger partial charge in [0.2, 0.25) is 0 Å². The number of nitrogens with one attached hydrogen (secondary N) is 2. The summed E-state index contributed by atoms with van der Waals surface area (Å²) < 4.78 is 0.000833. The molecule has 0 aromatic carbocycles. The van der Waals surface area contributed by atoms with E-state index in [1.807, 2.05) is 6.92 Å². The highest BCUT2D eigenvalue weighted by Gasteiger charge is 1.99. The minimum Gasteiger partial charge on any atom is -0.441 e. The molecule has 0 heterocycles. The molecule has 52 valence electrons. The van der Waals surface area contributed by atoms with Crippen LogP contribution in [0.4, 0.5) is 0 Å². The number of hydrogen-bond acceptors (Lipinski definition) is 1. The van der Waals surface area contributed by atoms with Crippen LogP contribution < -0.4 is 5.43 Å². The SMILES string of the molecule is CC#CN[N+](C)([NH-])CC. The van der Waals surface area contributed by atoms with Crippen molar-refractivity contribution >= 4 is 0 Å². The predicted molar refractivity (Wildman–Crippen MR) is 37.6 cm³/mol. The van der Waals surface area contributed by atoms with Crippen LogP contribution >= 0.6 is 0 Å². The second-order valence-corrected chi connectivity index (χ2v) is 1.99. The molecule has 0 aromatic heterocycles. The highest BCUT2D eigenvalue weighted by molar-refractivity contribution is 4.89. The van der Waals surface area contributed by atoms with Crippen molar-refractivity contribution in [2.75, 3.05) is 13.6 Å². The fourth-order valence-electron chi connectivity index (χ4n) is 0.258. The Morgan fingerprint density at radius 2 is 2.22 bits per heavy atom. The van der Waals surface area contributed by atoms with Crippen LogP contribution in [-0.2, 0) is 0 Å². The van der Waals surface area contributed by atoms with Crippen LogP contribution in [0.1, 0.15) is 13.8 Å². The topological polar surface area (TPSA) is 35.8 Å². The second-order valence-electron chi connectivity index (χ2n) is 1.99. The molecule has 0 radical (unpaired) electrons. The maximum atomic E-state index is 7.40. The van der Waals surface area contributed by atoms with E-state index in [0.29, 0.717) is 6.54 Å². The summed E-state index contributed by atoms with van der Waals surface area (Å²) in [6, 6.07) is 2.62. The van der Waals surface area contributed by atoms with Gasteiger partial charge in [0.1, 0.15) is 0 Å². The van der Waals surface area contributed by atoms with Crippen LogP contribution in [0.3, 0.4) is 0 Å². The monoisotopic (exact) mass is 127 g/mol. The molecule has 0 saturated carbocycles. The average molecular weight is 127 g/mol. The molecule has 0 saturated heterocycles. The molecule has 9 heavy (non-hydrogen) atoms. The van der Waals surface area contributed by atoms with Gasteiger partial charge in [-0.15, -0.1) is 0 Å². The largest absolute Gasteiger partial charge is 0.441 e. The molecule has 1 atom stereocenters. The molecule has 0 amide bonds. The van der Waals surface area contributed by atoms with E-state index < -0.39 is 0 Å². The van der Waals surface area contributed by atoms with Crippen LogP contribution in [0.2, 0.25) is 0 Å². The molecule has 2 N–H and O–H groups in total. The molecule has 3 nitrogen and oxygen atoms in total. The van der Waals surface area contributed by atoms with Crippen LogP contribution in [0.25, 0.3) is 5.84 Å². The first-order valence-corrected chi connectivity index (χ1v) is 2.92. The van der Waals surface area contributed by atoms with E-state index in [9.17, 15) is 0 Å². The molecule has 0 spiro atoms. The summed E-state index contributed by atoms with van der Waals surface area (Å²) >= 11 is 0. The van der Waals surface area contributed by atoms with Gasteiger partial charge in [-0.05, 0) is 13.8 Å². The Kier molecular flexibility index (Phi) is 3.07. The van der Waals surface area contributed by atoms with Gasteiger partial charge in [-0.3, -0.25) is 4.70 Å². The zero-order valence-electron chi connectivity index (χ0n) is 6.15. The average Bonchev–Trinajstić information content (AvgIpc) is 1.84. The highest BCUT2D eigenvalue weighted by atomic mass is 15.8. The van der Waals surface area contributed by atoms with E-state index in [2.05, 4.69) is 17.4 Å². The zero-order valence-corrected chi connectivity index (χ0v) is 6.15. The van der Waals surface area contributed by atoms with Gasteiger partial charge in [-0.25, -0.2) is 5.43 Å². The Morgan fingerprint density at radius 1 is 1.67 bits per heavy atom. The molecule has 0 aliphatic rings. The summed E-state index contributed by atoms with van der Waals surface area (Å²) in [5.74, 6) is 10.1. The first-order valence-electron chi connectivity index (χ1n) is 2.92. The Bertz CT molecular complexity index is 129. The Morgan fingerprint density at radius 3 is 2.56 bits per heavy atom. The van der Waals surface area contributed by atoms with Crippen molar-refractivity contribution in [1.29, 1.82) is 0 Å². The third-order valence-electron chi connectivity index (χ3n) is 1.06. The van der Waals surface area contributed by atoms with Crippen LogP contribution in [0.15, 0.2) is 0 Å². The summed E-state index contributed by atoms with van der Waals surface area (Å²) in [6.45, 7) is 4.37. The summed E-state index contributed by atoms with van der Waals surface area (Å²) in [5.41, 5.74) is 2.70. The summed E-state index contributed by atoms with van der Waals surface area (Å²) in [6.07, 6.45) is 0. The predicted octanol–water partition coefficient (Wildman–Crippen LogP) is 0.905. The van der Waals surface area contributed by atoms with Crippen molar-refractivity contribution in [3.05, 3.63) is 5.84 Å². The third-order valence-corrected chi connectivity index (χ3v) is 1.06. The van der Waals surface area contributed by atoms with E-state index >= 15 is 0 Å². The zero-order chi connectivity index (χ0) is 7.33. The van der Waals surface area contributed by atoms with Crippen molar-refractivity contribution in [2.45, 2.75) is 13.8 Å². The Hall–Kier alpha value is -0.720. The quantitative estimate of drug-likeness (QED) is 0.254. The maximum Gasteiger partial charge on any atom is 0.0891 e. The van der Waals surface area contributed by atoms with Gasteiger partial charge in [-0.2, -0.15) is 0 Å². The van der Waals surface area contributed by atoms with E-state index in [1.165, 1.54) is 0 Å². The maximum absolute atomic E-state index is 7.40. The lowest BCUT2D eigenvalue weighted by Gasteiger charge is -2.33. The summed E-state index contributed by atoms with van der Waals surface area (Å²) in [5, 5.41) is 0. The van der Waals surface area contributed by atoms with E-state index in [1.54, 1.807) is 14.0 Å². The first-order chi connectivity index (χ1) is 4.12. The van der Waals surface area contributed by atoms with Crippen molar-refractivity contribution in [3.8, 4) is 12.0 Å². The van der Waals surface area contributed by atoms with E-state index in [4.69, 9.17) is 5.84 Å². The number of hydrogen-bond donors (Lipinski definition) is 1.